The van der Waals surface area contributed by atoms with E-state index in [-0.39, 0.29) is 12.0 Å². The molecule has 0 aromatic heterocycles. The van der Waals surface area contributed by atoms with Crippen LogP contribution in [0.5, 0.6) is 5.75 Å². The van der Waals surface area contributed by atoms with E-state index in [1.807, 2.05) is 24.3 Å². The van der Waals surface area contributed by atoms with Gasteiger partial charge in [0, 0.05) is 14.7 Å². The van der Waals surface area contributed by atoms with Gasteiger partial charge in [0.15, 0.2) is 0 Å². The molecule has 0 radical (unpaired) electrons. The fraction of sp³-hybridized carbons (Fsp3) is 0.688. The van der Waals surface area contributed by atoms with Crippen molar-refractivity contribution in [3.63, 3.8) is 0 Å². The Morgan fingerprint density at radius 3 is 2.31 bits per heavy atom. The second-order valence-electron chi connectivity index (χ2n) is 13.4. The van der Waals surface area contributed by atoms with E-state index in [2.05, 4.69) is 61.0 Å². The van der Waals surface area contributed by atoms with Crippen molar-refractivity contribution in [3.8, 4) is 5.75 Å². The summed E-state index contributed by atoms with van der Waals surface area (Å²) in [6.45, 7) is 18.8. The molecule has 5 nitrogen and oxygen atoms in total. The van der Waals surface area contributed by atoms with Crippen LogP contribution >= 0.6 is 0 Å². The number of rotatable bonds is 21. The van der Waals surface area contributed by atoms with E-state index in [4.69, 9.17) is 18.9 Å². The van der Waals surface area contributed by atoms with Crippen molar-refractivity contribution in [1.82, 2.24) is 0 Å². The summed E-state index contributed by atoms with van der Waals surface area (Å²) in [4.78, 5) is 7.17. The molecule has 1 rings (SSSR count). The summed E-state index contributed by atoms with van der Waals surface area (Å²) in [7, 11) is 0.628. The third kappa shape index (κ3) is 17.7. The molecule has 3 atom stereocenters. The second-order valence-corrected chi connectivity index (χ2v) is 33.7. The molecule has 224 valence electrons. The SMILES string of the molecule is C=[C]([C@H](COCc1ccc(OC)cc1)C[C@@H](O)C[C@H](C)CC/C=C(\C)COCOCC[Si](C)(C)C)[Sn]([CH3])([CH3])[CH3]. The Balaban J connectivity index is 2.43. The van der Waals surface area contributed by atoms with Crippen molar-refractivity contribution >= 4 is 26.5 Å². The van der Waals surface area contributed by atoms with Crippen LogP contribution in [0.1, 0.15) is 45.1 Å². The molecule has 0 unspecified atom stereocenters. The summed E-state index contributed by atoms with van der Waals surface area (Å²) in [5, 5.41) is 11.0. The minimum atomic E-state index is -2.34. The molecule has 7 heteroatoms. The Hall–Kier alpha value is -0.644. The van der Waals surface area contributed by atoms with Crippen molar-refractivity contribution in [2.45, 2.75) is 92.7 Å². The van der Waals surface area contributed by atoms with E-state index in [9.17, 15) is 5.11 Å². The molecular weight excluding hydrogens is 611 g/mol. The average molecular weight is 670 g/mol. The van der Waals surface area contributed by atoms with Crippen LogP contribution in [0, 0.1) is 11.8 Å². The van der Waals surface area contributed by atoms with Crippen LogP contribution in [0.2, 0.25) is 40.5 Å². The number of allylic oxidation sites excluding steroid dienone is 1. The first kappa shape index (κ1) is 36.4. The third-order valence-electron chi connectivity index (χ3n) is 7.08. The Morgan fingerprint density at radius 1 is 1.05 bits per heavy atom. The normalized spacial score (nSPS) is 15.2. The van der Waals surface area contributed by atoms with Gasteiger partial charge in [-0.25, -0.2) is 0 Å². The molecule has 0 fully saturated rings. The van der Waals surface area contributed by atoms with Crippen LogP contribution < -0.4 is 4.74 Å². The molecule has 0 aliphatic rings. The molecule has 0 bridgehead atoms. The number of hydrogen-bond acceptors (Lipinski definition) is 5. The van der Waals surface area contributed by atoms with Gasteiger partial charge in [0.1, 0.15) is 6.79 Å². The number of methoxy groups -OCH3 is 1. The number of ether oxygens (including phenoxy) is 4. The quantitative estimate of drug-likeness (QED) is 0.0621. The second kappa shape index (κ2) is 18.7. The number of benzene rings is 1. The first-order valence-electron chi connectivity index (χ1n) is 14.6. The number of aliphatic hydroxyl groups excluding tert-OH is 1. The third-order valence-corrected chi connectivity index (χ3v) is 15.4. The predicted molar refractivity (Wildman–Crippen MR) is 171 cm³/mol. The van der Waals surface area contributed by atoms with Crippen LogP contribution in [0.25, 0.3) is 0 Å². The van der Waals surface area contributed by atoms with Gasteiger partial charge in [0.05, 0.1) is 0 Å². The Morgan fingerprint density at radius 2 is 1.72 bits per heavy atom. The standard InChI is InChI=1S/C29H49O5Si.3CH3.Sn/c1-8-26(21-33-22-27-12-14-29(31-4)15-13-27)19-28(30)18-24(2)10-9-11-25(3)20-34-23-32-16-17-35(5,6)7;;;;/h11-15,24,26,28,30H,1,9-10,16-23H2,2-7H3;3*1H3;/b25-11+;;;;/t24-,26+,28+;;;;/m1..../s1. The maximum atomic E-state index is 11.0. The van der Waals surface area contributed by atoms with Gasteiger partial charge < -0.3 is 4.74 Å². The Labute approximate surface area is 245 Å². The first-order valence-corrected chi connectivity index (χ1v) is 28.3. The molecule has 0 spiro atoms. The van der Waals surface area contributed by atoms with Gasteiger partial charge >= 0.3 is 194 Å². The van der Waals surface area contributed by atoms with E-state index >= 15 is 0 Å². The van der Waals surface area contributed by atoms with Gasteiger partial charge in [-0.3, -0.25) is 0 Å². The predicted octanol–water partition coefficient (Wildman–Crippen LogP) is 8.09. The van der Waals surface area contributed by atoms with Crippen molar-refractivity contribution in [2.75, 3.05) is 33.7 Å². The molecular formula is C32H58O5SiSn. The van der Waals surface area contributed by atoms with E-state index in [0.717, 1.165) is 43.6 Å². The van der Waals surface area contributed by atoms with Gasteiger partial charge in [-0.2, -0.15) is 0 Å². The van der Waals surface area contributed by atoms with Gasteiger partial charge in [0.25, 0.3) is 0 Å². The van der Waals surface area contributed by atoms with Gasteiger partial charge in [-0.05, 0) is 6.04 Å². The molecule has 0 saturated carbocycles. The zero-order valence-electron chi connectivity index (χ0n) is 26.5. The molecule has 0 aliphatic heterocycles. The average Bonchev–Trinajstić information content (AvgIpc) is 2.84. The number of hydrogen-bond donors (Lipinski definition) is 1. The van der Waals surface area contributed by atoms with Gasteiger partial charge in [0.2, 0.25) is 0 Å². The van der Waals surface area contributed by atoms with Crippen LogP contribution in [0.3, 0.4) is 0 Å². The topological polar surface area (TPSA) is 57.2 Å². The van der Waals surface area contributed by atoms with Crippen molar-refractivity contribution in [3.05, 3.63) is 51.6 Å². The molecule has 1 aromatic rings. The van der Waals surface area contributed by atoms with E-state index in [0.29, 0.717) is 32.5 Å². The molecule has 0 amide bonds. The Kier molecular flexibility index (Phi) is 17.5. The zero-order chi connectivity index (χ0) is 29.5. The summed E-state index contributed by atoms with van der Waals surface area (Å²) < 4.78 is 24.0. The Bertz CT molecular complexity index is 842. The van der Waals surface area contributed by atoms with Crippen LogP contribution in [0.15, 0.2) is 46.1 Å². The zero-order valence-corrected chi connectivity index (χ0v) is 30.3. The van der Waals surface area contributed by atoms with Crippen LogP contribution in [-0.4, -0.2) is 71.4 Å². The monoisotopic (exact) mass is 670 g/mol. The van der Waals surface area contributed by atoms with Crippen molar-refractivity contribution in [2.24, 2.45) is 11.8 Å². The molecule has 0 aliphatic carbocycles. The van der Waals surface area contributed by atoms with Crippen molar-refractivity contribution < 1.29 is 24.1 Å². The first-order chi connectivity index (χ1) is 18.2. The number of aliphatic hydroxyl groups is 1. The molecule has 39 heavy (non-hydrogen) atoms. The van der Waals surface area contributed by atoms with Crippen molar-refractivity contribution in [1.29, 1.82) is 0 Å². The summed E-state index contributed by atoms with van der Waals surface area (Å²) in [5.74, 6) is 1.50. The van der Waals surface area contributed by atoms with Gasteiger partial charge in [-0.15, -0.1) is 0 Å². The van der Waals surface area contributed by atoms with Gasteiger partial charge in [-0.1, -0.05) is 19.6 Å². The van der Waals surface area contributed by atoms with Crippen LogP contribution in [0.4, 0.5) is 0 Å². The summed E-state index contributed by atoms with van der Waals surface area (Å²) >= 11 is -2.34. The molecule has 0 heterocycles. The van der Waals surface area contributed by atoms with E-state index in [1.165, 1.54) is 15.2 Å². The molecule has 1 N–H and O–H groups in total. The van der Waals surface area contributed by atoms with E-state index < -0.39 is 26.5 Å². The fourth-order valence-electron chi connectivity index (χ4n) is 4.34. The fourth-order valence-corrected chi connectivity index (χ4v) is 9.17. The minimum absolute atomic E-state index is 0.202. The van der Waals surface area contributed by atoms with E-state index in [1.54, 1.807) is 7.11 Å². The maximum absolute atomic E-state index is 11.0. The summed E-state index contributed by atoms with van der Waals surface area (Å²) in [6, 6.07) is 9.15. The van der Waals surface area contributed by atoms with Crippen LogP contribution in [-0.2, 0) is 20.8 Å². The molecule has 0 saturated heterocycles. The molecule has 1 aromatic carbocycles. The summed E-state index contributed by atoms with van der Waals surface area (Å²) in [6.07, 6.45) is 5.49. The summed E-state index contributed by atoms with van der Waals surface area (Å²) in [5.41, 5.74) is 2.36.